The van der Waals surface area contributed by atoms with Gasteiger partial charge >= 0.3 is 12.2 Å². The molecule has 322 valence electrons. The number of nitrogens with one attached hydrogen (secondary N) is 4. The Morgan fingerprint density at radius 1 is 0.817 bits per heavy atom. The first-order chi connectivity index (χ1) is 28.7. The topological polar surface area (TPSA) is 201 Å². The third-order valence-corrected chi connectivity index (χ3v) is 12.0. The Kier molecular flexibility index (Phi) is 13.9. The predicted octanol–water partition coefficient (Wildman–Crippen LogP) is 4.87. The van der Waals surface area contributed by atoms with Gasteiger partial charge in [0.2, 0.25) is 17.7 Å². The number of carbonyl (C=O) groups excluding carboxylic acids is 6. The molecule has 6 rings (SSSR count). The molecule has 60 heavy (non-hydrogen) atoms. The summed E-state index contributed by atoms with van der Waals surface area (Å²) in [5.41, 5.74) is 3.69. The lowest BCUT2D eigenvalue weighted by atomic mass is 9.78. The van der Waals surface area contributed by atoms with Crippen molar-refractivity contribution in [1.82, 2.24) is 35.7 Å². The molecule has 16 heteroatoms. The van der Waals surface area contributed by atoms with Gasteiger partial charge in [-0.1, -0.05) is 76.2 Å². The van der Waals surface area contributed by atoms with E-state index >= 15 is 0 Å². The monoisotopic (exact) mass is 827 g/mol. The quantitative estimate of drug-likeness (QED) is 0.173. The van der Waals surface area contributed by atoms with E-state index in [1.165, 1.54) is 14.2 Å². The molecule has 3 aliphatic heterocycles. The van der Waals surface area contributed by atoms with Gasteiger partial charge < -0.3 is 44.9 Å². The normalized spacial score (nSPS) is 19.5. The summed E-state index contributed by atoms with van der Waals surface area (Å²) in [5, 5.41) is 8.09. The number of hydrogen-bond acceptors (Lipinski definition) is 10. The minimum absolute atomic E-state index is 0.129. The van der Waals surface area contributed by atoms with Gasteiger partial charge in [-0.05, 0) is 66.0 Å². The molecule has 5 amide bonds. The van der Waals surface area contributed by atoms with Crippen LogP contribution in [0, 0.1) is 17.3 Å². The zero-order chi connectivity index (χ0) is 43.1. The van der Waals surface area contributed by atoms with Crippen molar-refractivity contribution in [2.75, 3.05) is 47.1 Å². The number of carbonyl (C=O) groups is 6. The fourth-order valence-corrected chi connectivity index (χ4v) is 8.49. The molecule has 3 aliphatic rings. The average molecular weight is 828 g/mol. The van der Waals surface area contributed by atoms with Crippen molar-refractivity contribution in [1.29, 1.82) is 0 Å². The van der Waals surface area contributed by atoms with Crippen molar-refractivity contribution >= 4 is 35.7 Å². The first-order valence-corrected chi connectivity index (χ1v) is 20.7. The van der Waals surface area contributed by atoms with Gasteiger partial charge in [0.1, 0.15) is 23.9 Å². The Hall–Kier alpha value is -5.77. The number of nitrogens with zero attached hydrogens (tertiary/aromatic N) is 3. The number of aromatic amines is 1. The van der Waals surface area contributed by atoms with E-state index in [-0.39, 0.29) is 47.4 Å². The zero-order valence-corrected chi connectivity index (χ0v) is 35.2. The van der Waals surface area contributed by atoms with Crippen LogP contribution >= 0.6 is 0 Å². The maximum Gasteiger partial charge on any atom is 0.407 e. The number of methoxy groups -OCH3 is 2. The van der Waals surface area contributed by atoms with Crippen LogP contribution in [-0.2, 0) is 28.6 Å². The van der Waals surface area contributed by atoms with E-state index in [0.717, 1.165) is 35.2 Å². The largest absolute Gasteiger partial charge is 0.453 e. The standard InChI is InChI=1S/C44H57N7O9/c1-26(2)36(48-42(56)58-5)40(54)50-19-7-8-33(50)38-45-23-32(47-38)30-13-9-28(10-14-30)29-11-15-31(16-12-29)35(52)24-46-39(53)34-22-44(17-20-60-21-18-44)25-51(34)41(55)37(27(3)4)49-43(57)59-6/h9-16,23,26-27,33-34,36-37H,7-8,17-22,24-25H2,1-6H3,(H,45,47)(H,46,53)(H,48,56)(H,49,57). The number of imidazole rings is 1. The SMILES string of the molecule is COC(=O)NC(C(=O)N1CC2(CCOCC2)CC1C(=O)NCC(=O)c1ccc(-c2ccc(-c3cnc(C4CCCN4C(=O)C(NC(=O)OC)C(C)C)[nH]3)cc2)cc1)C(C)C. The third kappa shape index (κ3) is 9.81. The molecule has 4 atom stereocenters. The Bertz CT molecular complexity index is 2020. The van der Waals surface area contributed by atoms with Crippen LogP contribution in [0.1, 0.15) is 82.0 Å². The van der Waals surface area contributed by atoms with Gasteiger partial charge in [0.25, 0.3) is 0 Å². The number of likely N-dealkylation sites (tertiary alicyclic amines) is 2. The number of H-pyrrole nitrogens is 1. The number of aromatic nitrogens is 2. The molecule has 1 spiro atoms. The molecule has 0 saturated carbocycles. The van der Waals surface area contributed by atoms with Gasteiger partial charge in [-0.3, -0.25) is 19.2 Å². The van der Waals surface area contributed by atoms with E-state index in [4.69, 9.17) is 14.2 Å². The fraction of sp³-hybridized carbons (Fsp3) is 0.523. The fourth-order valence-electron chi connectivity index (χ4n) is 8.49. The van der Waals surface area contributed by atoms with Crippen molar-refractivity contribution in [3.63, 3.8) is 0 Å². The lowest BCUT2D eigenvalue weighted by molar-refractivity contribution is -0.140. The van der Waals surface area contributed by atoms with Crippen LogP contribution in [0.2, 0.25) is 0 Å². The second-order valence-corrected chi connectivity index (χ2v) is 16.7. The average Bonchev–Trinajstić information content (AvgIpc) is 4.03. The third-order valence-electron chi connectivity index (χ3n) is 12.0. The first-order valence-electron chi connectivity index (χ1n) is 20.7. The van der Waals surface area contributed by atoms with E-state index in [1.807, 2.05) is 64.1 Å². The van der Waals surface area contributed by atoms with Crippen LogP contribution < -0.4 is 16.0 Å². The molecule has 4 N–H and O–H groups in total. The number of hydrogen-bond donors (Lipinski definition) is 4. The number of ketones is 1. The van der Waals surface area contributed by atoms with Crippen LogP contribution in [0.25, 0.3) is 22.4 Å². The number of amides is 5. The van der Waals surface area contributed by atoms with Gasteiger partial charge in [-0.25, -0.2) is 14.6 Å². The summed E-state index contributed by atoms with van der Waals surface area (Å²) in [6.45, 7) is 9.16. The molecule has 4 heterocycles. The summed E-state index contributed by atoms with van der Waals surface area (Å²) in [4.78, 5) is 89.9. The molecular weight excluding hydrogens is 771 g/mol. The van der Waals surface area contributed by atoms with Crippen molar-refractivity contribution in [3.8, 4) is 22.4 Å². The molecule has 0 radical (unpaired) electrons. The molecule has 3 saturated heterocycles. The number of alkyl carbamates (subject to hydrolysis) is 2. The van der Waals surface area contributed by atoms with Crippen LogP contribution in [0.3, 0.4) is 0 Å². The highest BCUT2D eigenvalue weighted by molar-refractivity contribution is 6.01. The molecule has 2 aromatic carbocycles. The van der Waals surface area contributed by atoms with E-state index in [0.29, 0.717) is 57.0 Å². The lowest BCUT2D eigenvalue weighted by Crippen LogP contribution is -2.55. The van der Waals surface area contributed by atoms with Gasteiger partial charge in [-0.15, -0.1) is 0 Å². The Morgan fingerprint density at radius 3 is 1.93 bits per heavy atom. The molecule has 4 unspecified atom stereocenters. The smallest absolute Gasteiger partial charge is 0.407 e. The van der Waals surface area contributed by atoms with Crippen LogP contribution in [0.15, 0.2) is 54.7 Å². The minimum Gasteiger partial charge on any atom is -0.453 e. The second-order valence-electron chi connectivity index (χ2n) is 16.7. The van der Waals surface area contributed by atoms with E-state index in [9.17, 15) is 28.8 Å². The van der Waals surface area contributed by atoms with Crippen LogP contribution in [-0.4, -0.2) is 121 Å². The van der Waals surface area contributed by atoms with Gasteiger partial charge in [0, 0.05) is 31.9 Å². The lowest BCUT2D eigenvalue weighted by Gasteiger charge is -2.34. The van der Waals surface area contributed by atoms with Crippen molar-refractivity contribution < 1.29 is 43.0 Å². The predicted molar refractivity (Wildman–Crippen MR) is 221 cm³/mol. The Labute approximate surface area is 350 Å². The van der Waals surface area contributed by atoms with Gasteiger partial charge in [-0.2, -0.15) is 0 Å². The summed E-state index contributed by atoms with van der Waals surface area (Å²) < 4.78 is 15.1. The maximum atomic E-state index is 13.9. The Balaban J connectivity index is 1.07. The molecule has 3 fully saturated rings. The second kappa shape index (κ2) is 19.1. The van der Waals surface area contributed by atoms with Gasteiger partial charge in [0.05, 0.1) is 38.7 Å². The highest BCUT2D eigenvalue weighted by atomic mass is 16.5. The van der Waals surface area contributed by atoms with Gasteiger partial charge in [0.15, 0.2) is 5.78 Å². The first kappa shape index (κ1) is 43.8. The van der Waals surface area contributed by atoms with E-state index < -0.39 is 36.2 Å². The van der Waals surface area contributed by atoms with Crippen molar-refractivity contribution in [3.05, 3.63) is 66.1 Å². The van der Waals surface area contributed by atoms with Crippen LogP contribution in [0.5, 0.6) is 0 Å². The van der Waals surface area contributed by atoms with Crippen molar-refractivity contribution in [2.24, 2.45) is 17.3 Å². The highest BCUT2D eigenvalue weighted by Gasteiger charge is 2.50. The molecular formula is C44H57N7O9. The number of benzene rings is 2. The molecule has 16 nitrogen and oxygen atoms in total. The van der Waals surface area contributed by atoms with Crippen LogP contribution in [0.4, 0.5) is 9.59 Å². The highest BCUT2D eigenvalue weighted by Crippen LogP contribution is 2.43. The maximum absolute atomic E-state index is 13.9. The van der Waals surface area contributed by atoms with E-state index in [2.05, 4.69) is 25.9 Å². The van der Waals surface area contributed by atoms with Crippen molar-refractivity contribution in [2.45, 2.75) is 84.0 Å². The number of Topliss-reactive ketones (excluding diaryl/α,β-unsaturated/α-hetero) is 1. The molecule has 3 aromatic rings. The summed E-state index contributed by atoms with van der Waals surface area (Å²) in [7, 11) is 2.51. The number of rotatable bonds is 13. The summed E-state index contributed by atoms with van der Waals surface area (Å²) >= 11 is 0. The zero-order valence-electron chi connectivity index (χ0n) is 35.2. The van der Waals surface area contributed by atoms with E-state index in [1.54, 1.807) is 28.1 Å². The molecule has 0 aliphatic carbocycles. The minimum atomic E-state index is -0.882. The molecule has 1 aromatic heterocycles. The molecule has 0 bridgehead atoms. The Morgan fingerprint density at radius 2 is 1.37 bits per heavy atom. The summed E-state index contributed by atoms with van der Waals surface area (Å²) in [5.74, 6) is -0.917. The summed E-state index contributed by atoms with van der Waals surface area (Å²) in [6, 6.07) is 12.4. The summed E-state index contributed by atoms with van der Waals surface area (Å²) in [6.07, 6.45) is 3.81. The number of ether oxygens (including phenoxy) is 3.